The molecule has 1 atom stereocenters. The summed E-state index contributed by atoms with van der Waals surface area (Å²) in [6.07, 6.45) is 5.18. The number of carbonyl (C=O) groups is 1. The van der Waals surface area contributed by atoms with Crippen molar-refractivity contribution in [1.82, 2.24) is 4.90 Å². The van der Waals surface area contributed by atoms with Crippen LogP contribution >= 0.6 is 11.6 Å². The van der Waals surface area contributed by atoms with Crippen LogP contribution in [0.15, 0.2) is 18.2 Å². The van der Waals surface area contributed by atoms with Gasteiger partial charge in [-0.15, -0.1) is 0 Å². The zero-order valence-electron chi connectivity index (χ0n) is 11.9. The molecule has 0 aromatic heterocycles. The van der Waals surface area contributed by atoms with E-state index in [1.54, 1.807) is 13.0 Å². The summed E-state index contributed by atoms with van der Waals surface area (Å²) in [5, 5.41) is 0.468. The second-order valence-electron chi connectivity index (χ2n) is 5.62. The van der Waals surface area contributed by atoms with Gasteiger partial charge in [0.2, 0.25) is 0 Å². The summed E-state index contributed by atoms with van der Waals surface area (Å²) in [6, 6.07) is 4.83. The van der Waals surface area contributed by atoms with Crippen LogP contribution in [0.4, 0.5) is 4.39 Å². The van der Waals surface area contributed by atoms with E-state index < -0.39 is 0 Å². The molecule has 4 heteroatoms. The van der Waals surface area contributed by atoms with Gasteiger partial charge in [0, 0.05) is 24.0 Å². The lowest BCUT2D eigenvalue weighted by molar-refractivity contribution is -0.118. The van der Waals surface area contributed by atoms with Crippen molar-refractivity contribution in [3.63, 3.8) is 0 Å². The number of halogens is 2. The number of Topliss-reactive ketones (excluding diaryl/α,β-unsaturated/α-hetero) is 1. The zero-order chi connectivity index (χ0) is 14.5. The van der Waals surface area contributed by atoms with E-state index in [0.717, 1.165) is 24.9 Å². The van der Waals surface area contributed by atoms with Gasteiger partial charge in [0.25, 0.3) is 0 Å². The maximum Gasteiger partial charge on any atom is 0.131 e. The minimum Gasteiger partial charge on any atom is -0.300 e. The fraction of sp³-hybridized carbons (Fsp3) is 0.562. The van der Waals surface area contributed by atoms with Gasteiger partial charge in [0.1, 0.15) is 11.6 Å². The van der Waals surface area contributed by atoms with E-state index in [4.69, 9.17) is 11.6 Å². The third-order valence-electron chi connectivity index (χ3n) is 3.91. The Labute approximate surface area is 124 Å². The lowest BCUT2D eigenvalue weighted by Crippen LogP contribution is -2.35. The van der Waals surface area contributed by atoms with Gasteiger partial charge in [-0.1, -0.05) is 30.5 Å². The minimum absolute atomic E-state index is 0.229. The Morgan fingerprint density at radius 3 is 2.90 bits per heavy atom. The van der Waals surface area contributed by atoms with Gasteiger partial charge in [-0.3, -0.25) is 9.69 Å². The Kier molecular flexibility index (Phi) is 5.55. The molecule has 1 aliphatic heterocycles. The fourth-order valence-electron chi connectivity index (χ4n) is 2.88. The summed E-state index contributed by atoms with van der Waals surface area (Å²) in [6.45, 7) is 3.32. The molecule has 0 radical (unpaired) electrons. The van der Waals surface area contributed by atoms with Crippen molar-refractivity contribution >= 4 is 17.4 Å². The van der Waals surface area contributed by atoms with Gasteiger partial charge in [-0.2, -0.15) is 0 Å². The standard InChI is InChI=1S/C16H21ClFNO/c1-12(20)9-15-5-3-2-4-8-19(15)11-13-6-7-14(18)10-16(13)17/h6-7,10,15H,2-5,8-9,11H2,1H3. The SMILES string of the molecule is CC(=O)CC1CCCCCN1Cc1ccc(F)cc1Cl. The number of hydrogen-bond acceptors (Lipinski definition) is 2. The van der Waals surface area contributed by atoms with E-state index in [9.17, 15) is 9.18 Å². The van der Waals surface area contributed by atoms with Crippen molar-refractivity contribution in [2.24, 2.45) is 0 Å². The van der Waals surface area contributed by atoms with Crippen LogP contribution in [0.5, 0.6) is 0 Å². The molecule has 20 heavy (non-hydrogen) atoms. The van der Waals surface area contributed by atoms with E-state index in [1.165, 1.54) is 25.0 Å². The van der Waals surface area contributed by atoms with Gasteiger partial charge in [0.05, 0.1) is 0 Å². The second-order valence-corrected chi connectivity index (χ2v) is 6.02. The minimum atomic E-state index is -0.310. The predicted molar refractivity (Wildman–Crippen MR) is 79.4 cm³/mol. The first kappa shape index (κ1) is 15.5. The van der Waals surface area contributed by atoms with Crippen molar-refractivity contribution in [3.8, 4) is 0 Å². The predicted octanol–water partition coefficient (Wildman–Crippen LogP) is 4.20. The molecule has 0 bridgehead atoms. The molecule has 0 saturated carbocycles. The van der Waals surface area contributed by atoms with Crippen LogP contribution in [0.25, 0.3) is 0 Å². The monoisotopic (exact) mass is 297 g/mol. The first-order chi connectivity index (χ1) is 9.56. The smallest absolute Gasteiger partial charge is 0.131 e. The molecule has 1 saturated heterocycles. The number of likely N-dealkylation sites (tertiary alicyclic amines) is 1. The Bertz CT molecular complexity index is 478. The summed E-state index contributed by atoms with van der Waals surface area (Å²) < 4.78 is 13.1. The number of hydrogen-bond donors (Lipinski definition) is 0. The largest absolute Gasteiger partial charge is 0.300 e. The fourth-order valence-corrected chi connectivity index (χ4v) is 3.10. The topological polar surface area (TPSA) is 20.3 Å². The number of benzene rings is 1. The summed E-state index contributed by atoms with van der Waals surface area (Å²) >= 11 is 6.11. The van der Waals surface area contributed by atoms with Crippen LogP contribution in [-0.2, 0) is 11.3 Å². The summed E-state index contributed by atoms with van der Waals surface area (Å²) in [5.41, 5.74) is 0.934. The average molecular weight is 298 g/mol. The zero-order valence-corrected chi connectivity index (χ0v) is 12.6. The summed E-state index contributed by atoms with van der Waals surface area (Å²) in [5.74, 6) is -0.0815. The van der Waals surface area contributed by atoms with Crippen LogP contribution in [0.3, 0.4) is 0 Å². The van der Waals surface area contributed by atoms with E-state index in [0.29, 0.717) is 18.0 Å². The number of nitrogens with zero attached hydrogens (tertiary/aromatic N) is 1. The lowest BCUT2D eigenvalue weighted by atomic mass is 10.0. The third kappa shape index (κ3) is 4.29. The van der Waals surface area contributed by atoms with Gasteiger partial charge in [-0.05, 0) is 44.0 Å². The first-order valence-corrected chi connectivity index (χ1v) is 7.61. The molecule has 0 N–H and O–H groups in total. The molecule has 2 rings (SSSR count). The molecule has 2 nitrogen and oxygen atoms in total. The van der Waals surface area contributed by atoms with Crippen LogP contribution in [0, 0.1) is 5.82 Å². The van der Waals surface area contributed by atoms with Crippen molar-refractivity contribution in [1.29, 1.82) is 0 Å². The molecular formula is C16H21ClFNO. The molecule has 1 fully saturated rings. The molecule has 110 valence electrons. The number of carbonyl (C=O) groups excluding carboxylic acids is 1. The second kappa shape index (κ2) is 7.19. The van der Waals surface area contributed by atoms with Gasteiger partial charge in [0.15, 0.2) is 0 Å². The van der Waals surface area contributed by atoms with E-state index in [-0.39, 0.29) is 17.6 Å². The molecule has 0 amide bonds. The third-order valence-corrected chi connectivity index (χ3v) is 4.26. The number of rotatable bonds is 4. The van der Waals surface area contributed by atoms with E-state index in [1.807, 2.05) is 0 Å². The molecule has 0 aliphatic carbocycles. The van der Waals surface area contributed by atoms with Gasteiger partial charge in [-0.25, -0.2) is 4.39 Å². The van der Waals surface area contributed by atoms with Gasteiger partial charge >= 0.3 is 0 Å². The Morgan fingerprint density at radius 2 is 2.20 bits per heavy atom. The highest BCUT2D eigenvalue weighted by Gasteiger charge is 2.23. The van der Waals surface area contributed by atoms with Crippen molar-refractivity contribution in [2.75, 3.05) is 6.54 Å². The molecule has 1 aliphatic rings. The Morgan fingerprint density at radius 1 is 1.40 bits per heavy atom. The highest BCUT2D eigenvalue weighted by Crippen LogP contribution is 2.25. The maximum atomic E-state index is 13.1. The van der Waals surface area contributed by atoms with Crippen LogP contribution in [-0.4, -0.2) is 23.3 Å². The molecule has 0 spiro atoms. The highest BCUT2D eigenvalue weighted by molar-refractivity contribution is 6.31. The van der Waals surface area contributed by atoms with Crippen LogP contribution < -0.4 is 0 Å². The van der Waals surface area contributed by atoms with Crippen molar-refractivity contribution in [2.45, 2.75) is 51.6 Å². The van der Waals surface area contributed by atoms with Gasteiger partial charge < -0.3 is 0 Å². The average Bonchev–Trinajstić information content (AvgIpc) is 2.58. The maximum absolute atomic E-state index is 13.1. The van der Waals surface area contributed by atoms with Crippen molar-refractivity contribution < 1.29 is 9.18 Å². The normalized spacial score (nSPS) is 20.6. The molecule has 1 unspecified atom stereocenters. The highest BCUT2D eigenvalue weighted by atomic mass is 35.5. The van der Waals surface area contributed by atoms with E-state index in [2.05, 4.69) is 4.90 Å². The van der Waals surface area contributed by atoms with Crippen molar-refractivity contribution in [3.05, 3.63) is 34.6 Å². The van der Waals surface area contributed by atoms with E-state index >= 15 is 0 Å². The Hall–Kier alpha value is -0.930. The first-order valence-electron chi connectivity index (χ1n) is 7.23. The molecule has 1 aromatic carbocycles. The quantitative estimate of drug-likeness (QED) is 0.830. The lowest BCUT2D eigenvalue weighted by Gasteiger charge is -2.29. The molecule has 1 aromatic rings. The van der Waals surface area contributed by atoms with Crippen LogP contribution in [0.2, 0.25) is 5.02 Å². The summed E-state index contributed by atoms with van der Waals surface area (Å²) in [7, 11) is 0. The molecular weight excluding hydrogens is 277 g/mol. The van der Waals surface area contributed by atoms with Crippen LogP contribution in [0.1, 0.15) is 44.6 Å². The molecule has 1 heterocycles. The summed E-state index contributed by atoms with van der Waals surface area (Å²) in [4.78, 5) is 13.8. The Balaban J connectivity index is 2.12. The number of ketones is 1.